The molecule has 0 saturated carbocycles. The number of aromatic nitrogens is 2. The lowest BCUT2D eigenvalue weighted by Crippen LogP contribution is -2.30. The first-order chi connectivity index (χ1) is 10.9. The number of aliphatic hydroxyl groups excluding tert-OH is 1. The molecule has 1 fully saturated rings. The number of hydrogen-bond acceptors (Lipinski definition) is 5. The zero-order valence-corrected chi connectivity index (χ0v) is 15.2. The van der Waals surface area contributed by atoms with Crippen LogP contribution in [0.4, 0.5) is 0 Å². The predicted octanol–water partition coefficient (Wildman–Crippen LogP) is 1.84. The highest BCUT2D eigenvalue weighted by Gasteiger charge is 2.41. The lowest BCUT2D eigenvalue weighted by atomic mass is 9.92. The van der Waals surface area contributed by atoms with E-state index < -0.39 is 10.0 Å². The zero-order chi connectivity index (χ0) is 16.8. The molecule has 1 aliphatic heterocycles. The van der Waals surface area contributed by atoms with Gasteiger partial charge in [0.1, 0.15) is 10.0 Å². The van der Waals surface area contributed by atoms with Crippen LogP contribution in [0.5, 0.6) is 0 Å². The van der Waals surface area contributed by atoms with Gasteiger partial charge in [0.05, 0.1) is 5.69 Å². The summed E-state index contributed by atoms with van der Waals surface area (Å²) >= 11 is 7.70. The molecule has 0 amide bonds. The van der Waals surface area contributed by atoms with Crippen LogP contribution in [0.25, 0.3) is 0 Å². The zero-order valence-electron chi connectivity index (χ0n) is 12.8. The first-order valence-corrected chi connectivity index (χ1v) is 9.94. The minimum Gasteiger partial charge on any atom is -0.396 e. The Kier molecular flexibility index (Phi) is 4.54. The highest BCUT2D eigenvalue weighted by Crippen LogP contribution is 2.38. The second-order valence-corrected chi connectivity index (χ2v) is 8.77. The van der Waals surface area contributed by atoms with Crippen molar-refractivity contribution in [3.8, 4) is 0 Å². The van der Waals surface area contributed by atoms with Gasteiger partial charge in [0.2, 0.25) is 10.0 Å². The fourth-order valence-corrected chi connectivity index (χ4v) is 6.06. The Balaban J connectivity index is 1.96. The molecule has 0 spiro atoms. The van der Waals surface area contributed by atoms with E-state index in [1.54, 1.807) is 25.3 Å². The van der Waals surface area contributed by atoms with Gasteiger partial charge in [0.15, 0.2) is 0 Å². The third-order valence-electron chi connectivity index (χ3n) is 4.31. The summed E-state index contributed by atoms with van der Waals surface area (Å²) in [6, 6.07) is 1.98. The molecule has 0 radical (unpaired) electrons. The van der Waals surface area contributed by atoms with Gasteiger partial charge in [0, 0.05) is 38.6 Å². The fraction of sp³-hybridized carbons (Fsp3) is 0.500. The van der Waals surface area contributed by atoms with Crippen molar-refractivity contribution >= 4 is 33.0 Å². The molecule has 0 aliphatic carbocycles. The van der Waals surface area contributed by atoms with Gasteiger partial charge in [-0.3, -0.25) is 4.68 Å². The maximum Gasteiger partial charge on any atom is 0.248 e. The van der Waals surface area contributed by atoms with Crippen molar-refractivity contribution in [3.63, 3.8) is 0 Å². The molecule has 9 heteroatoms. The minimum absolute atomic E-state index is 0.00298. The average molecular weight is 376 g/mol. The fourth-order valence-electron chi connectivity index (χ4n) is 3.11. The highest BCUT2D eigenvalue weighted by molar-refractivity contribution is 7.89. The van der Waals surface area contributed by atoms with Crippen LogP contribution in [0, 0.1) is 12.8 Å². The number of thiophene rings is 1. The Morgan fingerprint density at radius 2 is 2.22 bits per heavy atom. The van der Waals surface area contributed by atoms with Crippen LogP contribution in [-0.4, -0.2) is 47.3 Å². The van der Waals surface area contributed by atoms with Crippen molar-refractivity contribution in [2.75, 3.05) is 19.7 Å². The number of sulfonamides is 1. The van der Waals surface area contributed by atoms with E-state index in [9.17, 15) is 13.5 Å². The minimum atomic E-state index is -3.74. The summed E-state index contributed by atoms with van der Waals surface area (Å²) < 4.78 is 28.7. The van der Waals surface area contributed by atoms with Gasteiger partial charge in [-0.15, -0.1) is 0 Å². The number of aliphatic hydroxyl groups is 1. The second-order valence-electron chi connectivity index (χ2n) is 5.76. The average Bonchev–Trinajstić information content (AvgIpc) is 3.19. The summed E-state index contributed by atoms with van der Waals surface area (Å²) in [5, 5.41) is 17.8. The standard InChI is InChI=1S/C14H18ClN3O3S2/c1-9-13(14(15)17(2)16-9)23(20,21)18-5-11(7-19)12(6-18)10-3-4-22-8-10/h3-4,8,11-12,19H,5-7H2,1-2H3/t11-,12-/m0/s1. The van der Waals surface area contributed by atoms with E-state index in [-0.39, 0.29) is 35.0 Å². The third-order valence-corrected chi connectivity index (χ3v) is 7.54. The topological polar surface area (TPSA) is 75.4 Å². The van der Waals surface area contributed by atoms with E-state index in [1.165, 1.54) is 8.99 Å². The van der Waals surface area contributed by atoms with Crippen LogP contribution in [0.3, 0.4) is 0 Å². The van der Waals surface area contributed by atoms with Crippen molar-refractivity contribution in [2.45, 2.75) is 17.7 Å². The molecule has 23 heavy (non-hydrogen) atoms. The normalized spacial score (nSPS) is 22.8. The van der Waals surface area contributed by atoms with Gasteiger partial charge in [-0.2, -0.15) is 20.7 Å². The van der Waals surface area contributed by atoms with E-state index in [0.717, 1.165) is 5.56 Å². The molecule has 126 valence electrons. The molecule has 6 nitrogen and oxygen atoms in total. The Bertz CT molecular complexity index is 802. The summed E-state index contributed by atoms with van der Waals surface area (Å²) in [6.45, 7) is 2.21. The number of aryl methyl sites for hydroxylation is 2. The van der Waals surface area contributed by atoms with Crippen LogP contribution in [0.2, 0.25) is 5.15 Å². The maximum atomic E-state index is 13.0. The van der Waals surface area contributed by atoms with Crippen LogP contribution in [0.1, 0.15) is 17.2 Å². The molecule has 2 aromatic heterocycles. The van der Waals surface area contributed by atoms with Crippen molar-refractivity contribution in [1.82, 2.24) is 14.1 Å². The van der Waals surface area contributed by atoms with Crippen LogP contribution in [0.15, 0.2) is 21.7 Å². The lowest BCUT2D eigenvalue weighted by Gasteiger charge is -2.16. The van der Waals surface area contributed by atoms with Crippen LogP contribution in [-0.2, 0) is 17.1 Å². The van der Waals surface area contributed by atoms with Crippen LogP contribution >= 0.6 is 22.9 Å². The molecule has 2 aromatic rings. The number of rotatable bonds is 4. The monoisotopic (exact) mass is 375 g/mol. The molecule has 1 N–H and O–H groups in total. The first kappa shape index (κ1) is 16.9. The van der Waals surface area contributed by atoms with Gasteiger partial charge in [0.25, 0.3) is 0 Å². The molecule has 0 aromatic carbocycles. The van der Waals surface area contributed by atoms with E-state index in [2.05, 4.69) is 5.10 Å². The second kappa shape index (κ2) is 6.18. The van der Waals surface area contributed by atoms with E-state index in [0.29, 0.717) is 12.2 Å². The molecule has 0 bridgehead atoms. The van der Waals surface area contributed by atoms with Crippen molar-refractivity contribution in [2.24, 2.45) is 13.0 Å². The molecular weight excluding hydrogens is 358 g/mol. The van der Waals surface area contributed by atoms with Gasteiger partial charge in [-0.1, -0.05) is 11.6 Å². The molecular formula is C14H18ClN3O3S2. The summed E-state index contributed by atoms with van der Waals surface area (Å²) in [7, 11) is -2.12. The number of halogens is 1. The van der Waals surface area contributed by atoms with Crippen molar-refractivity contribution in [3.05, 3.63) is 33.2 Å². The number of nitrogens with zero attached hydrogens (tertiary/aromatic N) is 3. The van der Waals surface area contributed by atoms with Crippen molar-refractivity contribution < 1.29 is 13.5 Å². The highest BCUT2D eigenvalue weighted by atomic mass is 35.5. The van der Waals surface area contributed by atoms with Gasteiger partial charge >= 0.3 is 0 Å². The van der Waals surface area contributed by atoms with E-state index in [1.807, 2.05) is 16.8 Å². The summed E-state index contributed by atoms with van der Waals surface area (Å²) in [4.78, 5) is 0.0596. The van der Waals surface area contributed by atoms with Crippen LogP contribution < -0.4 is 0 Å². The molecule has 3 heterocycles. The largest absolute Gasteiger partial charge is 0.396 e. The summed E-state index contributed by atoms with van der Waals surface area (Å²) in [5.41, 5.74) is 1.46. The lowest BCUT2D eigenvalue weighted by molar-refractivity contribution is 0.223. The maximum absolute atomic E-state index is 13.0. The molecule has 1 saturated heterocycles. The van der Waals surface area contributed by atoms with E-state index in [4.69, 9.17) is 11.6 Å². The smallest absolute Gasteiger partial charge is 0.248 e. The summed E-state index contributed by atoms with van der Waals surface area (Å²) in [5.74, 6) is -0.119. The summed E-state index contributed by atoms with van der Waals surface area (Å²) in [6.07, 6.45) is 0. The molecule has 1 aliphatic rings. The van der Waals surface area contributed by atoms with Gasteiger partial charge in [-0.25, -0.2) is 8.42 Å². The Hall–Kier alpha value is -0.930. The molecule has 0 unspecified atom stereocenters. The molecule has 3 rings (SSSR count). The quantitative estimate of drug-likeness (QED) is 0.884. The van der Waals surface area contributed by atoms with Crippen molar-refractivity contribution in [1.29, 1.82) is 0 Å². The predicted molar refractivity (Wildman–Crippen MR) is 89.3 cm³/mol. The third kappa shape index (κ3) is 2.83. The van der Waals surface area contributed by atoms with Gasteiger partial charge < -0.3 is 5.11 Å². The Morgan fingerprint density at radius 1 is 1.48 bits per heavy atom. The van der Waals surface area contributed by atoms with Gasteiger partial charge in [-0.05, 0) is 29.3 Å². The van der Waals surface area contributed by atoms with E-state index >= 15 is 0 Å². The Labute approximate surface area is 144 Å². The molecule has 2 atom stereocenters. The Morgan fingerprint density at radius 3 is 2.74 bits per heavy atom. The number of hydrogen-bond donors (Lipinski definition) is 1. The SMILES string of the molecule is Cc1nn(C)c(Cl)c1S(=O)(=O)N1C[C@@H](CO)[C@H](c2ccsc2)C1. The first-order valence-electron chi connectivity index (χ1n) is 7.18.